The van der Waals surface area contributed by atoms with Crippen LogP contribution in [0.1, 0.15) is 15.9 Å². The number of aromatic amines is 1. The lowest BCUT2D eigenvalue weighted by atomic mass is 10.1. The van der Waals surface area contributed by atoms with Gasteiger partial charge < -0.3 is 5.32 Å². The van der Waals surface area contributed by atoms with E-state index in [0.29, 0.717) is 5.56 Å². The fourth-order valence-corrected chi connectivity index (χ4v) is 2.82. The van der Waals surface area contributed by atoms with Gasteiger partial charge >= 0.3 is 0 Å². The molecule has 0 unspecified atom stereocenters. The maximum atomic E-state index is 12.3. The first-order valence-electron chi connectivity index (χ1n) is 8.02. The lowest BCUT2D eigenvalue weighted by molar-refractivity contribution is -0.509. The van der Waals surface area contributed by atoms with Crippen molar-refractivity contribution in [2.75, 3.05) is 5.32 Å². The number of nitrogens with one attached hydrogen (secondary N) is 2. The Kier molecular flexibility index (Phi) is 3.74. The molecule has 0 aliphatic rings. The van der Waals surface area contributed by atoms with Crippen LogP contribution in [-0.2, 0) is 0 Å². The Morgan fingerprint density at radius 3 is 2.88 bits per heavy atom. The van der Waals surface area contributed by atoms with Gasteiger partial charge in [0.25, 0.3) is 11.6 Å². The molecule has 5 nitrogen and oxygen atoms in total. The van der Waals surface area contributed by atoms with E-state index in [0.717, 1.165) is 22.6 Å². The molecular formula is C20H17N4O+. The lowest BCUT2D eigenvalue weighted by Gasteiger charge is -2.05. The van der Waals surface area contributed by atoms with Crippen LogP contribution in [-0.4, -0.2) is 15.9 Å². The van der Waals surface area contributed by atoms with E-state index in [1.807, 2.05) is 42.7 Å². The van der Waals surface area contributed by atoms with E-state index < -0.39 is 0 Å². The number of carbonyl (C=O) groups is 1. The summed E-state index contributed by atoms with van der Waals surface area (Å²) in [7, 11) is 0. The number of rotatable bonds is 3. The van der Waals surface area contributed by atoms with Crippen molar-refractivity contribution < 1.29 is 9.20 Å². The van der Waals surface area contributed by atoms with Crippen LogP contribution in [0.15, 0.2) is 73.3 Å². The minimum Gasteiger partial charge on any atom is -0.322 e. The Bertz CT molecular complexity index is 1050. The highest BCUT2D eigenvalue weighted by Crippen LogP contribution is 2.22. The first-order chi connectivity index (χ1) is 12.2. The summed E-state index contributed by atoms with van der Waals surface area (Å²) < 4.78 is 2.06. The predicted octanol–water partition coefficient (Wildman–Crippen LogP) is 3.38. The average Bonchev–Trinajstić information content (AvgIpc) is 3.08. The molecular weight excluding hydrogens is 312 g/mol. The molecule has 25 heavy (non-hydrogen) atoms. The second kappa shape index (κ2) is 6.20. The zero-order chi connectivity index (χ0) is 17.2. The SMILES string of the molecule is Cc1ccc[n+]2cc(-c3cccc(NC(=O)c4cccnc4)c3)[nH]c12. The van der Waals surface area contributed by atoms with E-state index >= 15 is 0 Å². The van der Waals surface area contributed by atoms with Crippen LogP contribution in [0.3, 0.4) is 0 Å². The minimum absolute atomic E-state index is 0.174. The summed E-state index contributed by atoms with van der Waals surface area (Å²) in [6, 6.07) is 15.3. The number of hydrogen-bond acceptors (Lipinski definition) is 2. The van der Waals surface area contributed by atoms with Gasteiger partial charge in [-0.3, -0.25) is 9.78 Å². The number of H-pyrrole nitrogens is 1. The number of anilines is 1. The maximum absolute atomic E-state index is 12.3. The maximum Gasteiger partial charge on any atom is 0.287 e. The van der Waals surface area contributed by atoms with Crippen molar-refractivity contribution >= 4 is 17.2 Å². The standard InChI is InChI=1S/C20H16N4O/c1-14-5-4-10-24-13-18(23-19(14)24)15-6-2-8-17(11-15)22-20(25)16-7-3-9-21-12-16/h2-13H,1H3,(H,22,25)/p+1. The van der Waals surface area contributed by atoms with Crippen LogP contribution in [0.2, 0.25) is 0 Å². The lowest BCUT2D eigenvalue weighted by Crippen LogP contribution is -2.17. The molecule has 0 saturated heterocycles. The molecule has 0 spiro atoms. The van der Waals surface area contributed by atoms with Crippen molar-refractivity contribution in [1.82, 2.24) is 9.97 Å². The van der Waals surface area contributed by atoms with Crippen LogP contribution in [0.25, 0.3) is 16.9 Å². The summed E-state index contributed by atoms with van der Waals surface area (Å²) >= 11 is 0. The van der Waals surface area contributed by atoms with Crippen LogP contribution >= 0.6 is 0 Å². The molecule has 1 aromatic carbocycles. The summed E-state index contributed by atoms with van der Waals surface area (Å²) in [6.07, 6.45) is 7.25. The molecule has 1 amide bonds. The first-order valence-corrected chi connectivity index (χ1v) is 8.02. The quantitative estimate of drug-likeness (QED) is 0.566. The third-order valence-corrected chi connectivity index (χ3v) is 4.10. The first kappa shape index (κ1) is 15.1. The van der Waals surface area contributed by atoms with E-state index in [2.05, 4.69) is 32.7 Å². The Balaban J connectivity index is 1.64. The summed E-state index contributed by atoms with van der Waals surface area (Å²) in [5.41, 5.74) is 5.51. The molecule has 0 saturated carbocycles. The number of aromatic nitrogens is 3. The second-order valence-corrected chi connectivity index (χ2v) is 5.89. The minimum atomic E-state index is -0.174. The van der Waals surface area contributed by atoms with Gasteiger partial charge in [-0.05, 0) is 43.3 Å². The largest absolute Gasteiger partial charge is 0.322 e. The van der Waals surface area contributed by atoms with Gasteiger partial charge in [0.15, 0.2) is 5.69 Å². The molecule has 4 rings (SSSR count). The second-order valence-electron chi connectivity index (χ2n) is 5.89. The van der Waals surface area contributed by atoms with Gasteiger partial charge in [-0.15, -0.1) is 0 Å². The Morgan fingerprint density at radius 2 is 2.08 bits per heavy atom. The summed E-state index contributed by atoms with van der Waals surface area (Å²) in [5, 5.41) is 2.91. The van der Waals surface area contributed by atoms with Crippen molar-refractivity contribution in [2.45, 2.75) is 6.92 Å². The number of amides is 1. The highest BCUT2D eigenvalue weighted by Gasteiger charge is 2.13. The number of pyridine rings is 2. The van der Waals surface area contributed by atoms with Crippen molar-refractivity contribution in [2.24, 2.45) is 0 Å². The van der Waals surface area contributed by atoms with E-state index in [-0.39, 0.29) is 5.91 Å². The smallest absolute Gasteiger partial charge is 0.287 e. The number of imidazole rings is 1. The third-order valence-electron chi connectivity index (χ3n) is 4.10. The molecule has 0 aliphatic carbocycles. The van der Waals surface area contributed by atoms with Crippen molar-refractivity contribution in [1.29, 1.82) is 0 Å². The van der Waals surface area contributed by atoms with E-state index in [4.69, 9.17) is 0 Å². The van der Waals surface area contributed by atoms with Crippen LogP contribution in [0.4, 0.5) is 5.69 Å². The van der Waals surface area contributed by atoms with Gasteiger partial charge in [-0.2, -0.15) is 0 Å². The van der Waals surface area contributed by atoms with Crippen LogP contribution < -0.4 is 9.72 Å². The predicted molar refractivity (Wildman–Crippen MR) is 96.3 cm³/mol. The summed E-state index contributed by atoms with van der Waals surface area (Å²) in [5.74, 6) is -0.174. The molecule has 2 N–H and O–H groups in total. The topological polar surface area (TPSA) is 61.9 Å². The van der Waals surface area contributed by atoms with Crippen LogP contribution in [0.5, 0.6) is 0 Å². The van der Waals surface area contributed by atoms with E-state index in [9.17, 15) is 4.79 Å². The number of benzene rings is 1. The number of aryl methyl sites for hydroxylation is 1. The molecule has 122 valence electrons. The molecule has 5 heteroatoms. The average molecular weight is 329 g/mol. The number of hydrogen-bond donors (Lipinski definition) is 2. The molecule has 3 heterocycles. The summed E-state index contributed by atoms with van der Waals surface area (Å²) in [4.78, 5) is 19.7. The summed E-state index contributed by atoms with van der Waals surface area (Å²) in [6.45, 7) is 2.07. The fourth-order valence-electron chi connectivity index (χ4n) is 2.82. The highest BCUT2D eigenvalue weighted by atomic mass is 16.1. The number of carbonyl (C=O) groups excluding carboxylic acids is 1. The van der Waals surface area contributed by atoms with Crippen molar-refractivity contribution in [3.8, 4) is 11.3 Å². The molecule has 0 radical (unpaired) electrons. The van der Waals surface area contributed by atoms with E-state index in [1.54, 1.807) is 24.5 Å². The third kappa shape index (κ3) is 2.99. The molecule has 0 atom stereocenters. The van der Waals surface area contributed by atoms with Gasteiger partial charge in [0.1, 0.15) is 6.20 Å². The van der Waals surface area contributed by atoms with Gasteiger partial charge in [0.05, 0.1) is 11.8 Å². The zero-order valence-corrected chi connectivity index (χ0v) is 13.7. The molecule has 4 aromatic rings. The zero-order valence-electron chi connectivity index (χ0n) is 13.7. The number of nitrogens with zero attached hydrogens (tertiary/aromatic N) is 2. The van der Waals surface area contributed by atoms with Gasteiger partial charge in [-0.25, -0.2) is 9.38 Å². The Hall–Kier alpha value is -3.47. The Labute approximate surface area is 145 Å². The molecule has 3 aromatic heterocycles. The van der Waals surface area contributed by atoms with Crippen molar-refractivity contribution in [3.05, 3.63) is 84.4 Å². The van der Waals surface area contributed by atoms with Crippen molar-refractivity contribution in [3.63, 3.8) is 0 Å². The molecule has 0 aliphatic heterocycles. The van der Waals surface area contributed by atoms with Gasteiger partial charge in [0.2, 0.25) is 0 Å². The molecule has 0 fully saturated rings. The Morgan fingerprint density at radius 1 is 1.16 bits per heavy atom. The van der Waals surface area contributed by atoms with Gasteiger partial charge in [-0.1, -0.05) is 12.1 Å². The molecule has 0 bridgehead atoms. The van der Waals surface area contributed by atoms with Gasteiger partial charge in [0, 0.05) is 29.2 Å². The fraction of sp³-hybridized carbons (Fsp3) is 0.0500. The number of fused-ring (bicyclic) bond motifs is 1. The highest BCUT2D eigenvalue weighted by molar-refractivity contribution is 6.04. The van der Waals surface area contributed by atoms with E-state index in [1.165, 1.54) is 5.56 Å². The normalized spacial score (nSPS) is 10.8. The van der Waals surface area contributed by atoms with Crippen LogP contribution in [0, 0.1) is 6.92 Å². The monoisotopic (exact) mass is 329 g/mol.